The number of ether oxygens (including phenoxy) is 3. The number of nitrogens with one attached hydrogen (secondary N) is 1. The Labute approximate surface area is 194 Å². The highest BCUT2D eigenvalue weighted by molar-refractivity contribution is 5.76. The van der Waals surface area contributed by atoms with Crippen molar-refractivity contribution < 1.29 is 24.1 Å². The van der Waals surface area contributed by atoms with Crippen LogP contribution in [0.4, 0.5) is 0 Å². The van der Waals surface area contributed by atoms with Crippen LogP contribution >= 0.6 is 0 Å². The van der Waals surface area contributed by atoms with Crippen molar-refractivity contribution in [1.82, 2.24) is 20.2 Å². The van der Waals surface area contributed by atoms with Crippen molar-refractivity contribution in [3.63, 3.8) is 0 Å². The fourth-order valence-corrected chi connectivity index (χ4v) is 4.48. The van der Waals surface area contributed by atoms with Gasteiger partial charge in [0.1, 0.15) is 12.1 Å². The van der Waals surface area contributed by atoms with E-state index in [1.807, 2.05) is 24.3 Å². The molecule has 33 heavy (non-hydrogen) atoms. The summed E-state index contributed by atoms with van der Waals surface area (Å²) in [6.07, 6.45) is 4.22. The number of aliphatic hydroxyl groups excluding tert-OH is 1. The second-order valence-electron chi connectivity index (χ2n) is 8.59. The van der Waals surface area contributed by atoms with Crippen LogP contribution < -0.4 is 10.1 Å². The van der Waals surface area contributed by atoms with E-state index in [9.17, 15) is 9.90 Å². The largest absolute Gasteiger partial charge is 0.497 e. The first-order chi connectivity index (χ1) is 16.1. The number of carbonyl (C=O) groups is 1. The monoisotopic (exact) mass is 456 g/mol. The van der Waals surface area contributed by atoms with Gasteiger partial charge in [-0.2, -0.15) is 0 Å². The average molecular weight is 457 g/mol. The molecule has 2 aromatic rings. The van der Waals surface area contributed by atoms with Crippen molar-refractivity contribution in [1.29, 1.82) is 0 Å². The van der Waals surface area contributed by atoms with Crippen molar-refractivity contribution in [3.8, 4) is 5.75 Å². The average Bonchev–Trinajstić information content (AvgIpc) is 2.83. The molecule has 0 unspecified atom stereocenters. The first-order valence-electron chi connectivity index (χ1n) is 11.4. The van der Waals surface area contributed by atoms with E-state index in [0.29, 0.717) is 32.7 Å². The van der Waals surface area contributed by atoms with Gasteiger partial charge in [-0.3, -0.25) is 9.69 Å². The van der Waals surface area contributed by atoms with E-state index in [-0.39, 0.29) is 30.8 Å². The second kappa shape index (κ2) is 11.5. The fourth-order valence-electron chi connectivity index (χ4n) is 4.48. The molecule has 1 aromatic heterocycles. The summed E-state index contributed by atoms with van der Waals surface area (Å²) in [5.74, 6) is 0.758. The Balaban J connectivity index is 1.34. The minimum Gasteiger partial charge on any atom is -0.497 e. The number of benzene rings is 1. The Morgan fingerprint density at radius 1 is 1.24 bits per heavy atom. The predicted octanol–water partition coefficient (Wildman–Crippen LogP) is 1.30. The summed E-state index contributed by atoms with van der Waals surface area (Å²) in [6.45, 7) is 2.27. The second-order valence-corrected chi connectivity index (χ2v) is 8.59. The van der Waals surface area contributed by atoms with Gasteiger partial charge in [0.05, 0.1) is 57.3 Å². The number of hydrogen-bond acceptors (Lipinski definition) is 8. The summed E-state index contributed by atoms with van der Waals surface area (Å²) < 4.78 is 17.3. The number of aromatic nitrogens is 2. The number of carbonyl (C=O) groups excluding carboxylic acids is 1. The van der Waals surface area contributed by atoms with Gasteiger partial charge in [0, 0.05) is 25.3 Å². The van der Waals surface area contributed by atoms with Crippen molar-refractivity contribution in [2.45, 2.75) is 56.7 Å². The Hall–Kier alpha value is -2.59. The van der Waals surface area contributed by atoms with Crippen LogP contribution in [0.3, 0.4) is 0 Å². The molecule has 1 aromatic carbocycles. The third-order valence-electron chi connectivity index (χ3n) is 6.16. The molecule has 4 atom stereocenters. The van der Waals surface area contributed by atoms with Crippen LogP contribution in [0.5, 0.6) is 5.75 Å². The van der Waals surface area contributed by atoms with Crippen molar-refractivity contribution in [2.24, 2.45) is 0 Å². The van der Waals surface area contributed by atoms with Gasteiger partial charge in [0.25, 0.3) is 0 Å². The van der Waals surface area contributed by atoms with E-state index in [0.717, 1.165) is 29.8 Å². The maximum absolute atomic E-state index is 12.4. The van der Waals surface area contributed by atoms with Crippen molar-refractivity contribution in [2.75, 3.05) is 26.9 Å². The Kier molecular flexibility index (Phi) is 8.22. The van der Waals surface area contributed by atoms with Crippen LogP contribution in [-0.4, -0.2) is 77.1 Å². The summed E-state index contributed by atoms with van der Waals surface area (Å²) in [5, 5.41) is 13.3. The van der Waals surface area contributed by atoms with Gasteiger partial charge in [0.15, 0.2) is 0 Å². The summed E-state index contributed by atoms with van der Waals surface area (Å²) in [5.41, 5.74) is 1.92. The molecule has 0 spiro atoms. The Morgan fingerprint density at radius 3 is 2.85 bits per heavy atom. The third-order valence-corrected chi connectivity index (χ3v) is 6.16. The Morgan fingerprint density at radius 2 is 2.09 bits per heavy atom. The standard InChI is InChI=1S/C24H32N4O5/c1-31-20-4-2-17(3-5-20)12-28-13-19(29)14-32-15-23-22(28)7-6-21(33-23)10-24(30)26-11-18-8-9-25-16-27-18/h2-5,8-9,16,19,21-23,29H,6-7,10-15H2,1H3,(H,26,30)/t19-,21-,22-,23+/m1/s1. The lowest BCUT2D eigenvalue weighted by Gasteiger charge is -2.44. The summed E-state index contributed by atoms with van der Waals surface area (Å²) in [6, 6.07) is 9.88. The first kappa shape index (κ1) is 23.6. The van der Waals surface area contributed by atoms with Crippen LogP contribution in [0.15, 0.2) is 42.9 Å². The molecular weight excluding hydrogens is 424 g/mol. The van der Waals surface area contributed by atoms with Crippen LogP contribution in [0.25, 0.3) is 0 Å². The maximum Gasteiger partial charge on any atom is 0.222 e. The molecular formula is C24H32N4O5. The van der Waals surface area contributed by atoms with Gasteiger partial charge in [-0.05, 0) is 36.6 Å². The van der Waals surface area contributed by atoms with Crippen LogP contribution in [0.2, 0.25) is 0 Å². The molecule has 178 valence electrons. The molecule has 2 fully saturated rings. The van der Waals surface area contributed by atoms with E-state index in [2.05, 4.69) is 20.2 Å². The molecule has 4 rings (SSSR count). The SMILES string of the molecule is COc1ccc(CN2C[C@@H](O)COC[C@@H]3O[C@@H](CC(=O)NCc4ccncn4)CC[C@H]32)cc1. The highest BCUT2D eigenvalue weighted by atomic mass is 16.5. The Bertz CT molecular complexity index is 882. The number of nitrogens with zero attached hydrogens (tertiary/aromatic N) is 3. The van der Waals surface area contributed by atoms with Gasteiger partial charge in [0.2, 0.25) is 5.91 Å². The maximum atomic E-state index is 12.4. The zero-order valence-electron chi connectivity index (χ0n) is 18.9. The molecule has 2 saturated heterocycles. The normalized spacial score (nSPS) is 26.0. The molecule has 0 aliphatic carbocycles. The molecule has 0 radical (unpaired) electrons. The zero-order chi connectivity index (χ0) is 23.0. The molecule has 3 heterocycles. The molecule has 2 aliphatic rings. The molecule has 0 bridgehead atoms. The van der Waals surface area contributed by atoms with Gasteiger partial charge in [-0.15, -0.1) is 0 Å². The number of fused-ring (bicyclic) bond motifs is 1. The van der Waals surface area contributed by atoms with Gasteiger partial charge in [-0.25, -0.2) is 9.97 Å². The van der Waals surface area contributed by atoms with E-state index in [1.165, 1.54) is 6.33 Å². The van der Waals surface area contributed by atoms with Crippen molar-refractivity contribution >= 4 is 5.91 Å². The molecule has 9 heteroatoms. The van der Waals surface area contributed by atoms with Crippen LogP contribution in [0.1, 0.15) is 30.5 Å². The van der Waals surface area contributed by atoms with Gasteiger partial charge >= 0.3 is 0 Å². The zero-order valence-corrected chi connectivity index (χ0v) is 18.9. The van der Waals surface area contributed by atoms with E-state index in [4.69, 9.17) is 14.2 Å². The lowest BCUT2D eigenvalue weighted by molar-refractivity contribution is -0.158. The van der Waals surface area contributed by atoms with E-state index in [1.54, 1.807) is 19.4 Å². The predicted molar refractivity (Wildman–Crippen MR) is 120 cm³/mol. The summed E-state index contributed by atoms with van der Waals surface area (Å²) in [7, 11) is 1.65. The number of β-amino-alcohol motifs (C(OH)–C–C–N with tert-alkyl or cyclic N) is 1. The molecule has 9 nitrogen and oxygen atoms in total. The minimum atomic E-state index is -0.547. The summed E-state index contributed by atoms with van der Waals surface area (Å²) in [4.78, 5) is 22.7. The number of hydrogen-bond donors (Lipinski definition) is 2. The number of methoxy groups -OCH3 is 1. The van der Waals surface area contributed by atoms with Gasteiger partial charge in [-0.1, -0.05) is 12.1 Å². The highest BCUT2D eigenvalue weighted by Crippen LogP contribution is 2.29. The van der Waals surface area contributed by atoms with Crippen molar-refractivity contribution in [3.05, 3.63) is 54.1 Å². The number of amides is 1. The van der Waals surface area contributed by atoms with Crippen LogP contribution in [-0.2, 0) is 27.4 Å². The van der Waals surface area contributed by atoms with E-state index >= 15 is 0 Å². The lowest BCUT2D eigenvalue weighted by atomic mass is 9.94. The van der Waals surface area contributed by atoms with E-state index < -0.39 is 6.10 Å². The third kappa shape index (κ3) is 6.70. The molecule has 0 saturated carbocycles. The van der Waals surface area contributed by atoms with Crippen LogP contribution in [0, 0.1) is 0 Å². The minimum absolute atomic E-state index is 0.0608. The smallest absolute Gasteiger partial charge is 0.222 e. The lowest BCUT2D eigenvalue weighted by Crippen LogP contribution is -2.55. The highest BCUT2D eigenvalue weighted by Gasteiger charge is 2.38. The number of rotatable bonds is 7. The fraction of sp³-hybridized carbons (Fsp3) is 0.542. The molecule has 2 aliphatic heterocycles. The molecule has 1 amide bonds. The quantitative estimate of drug-likeness (QED) is 0.642. The first-order valence-corrected chi connectivity index (χ1v) is 11.4. The topological polar surface area (TPSA) is 106 Å². The number of aliphatic hydroxyl groups is 1. The van der Waals surface area contributed by atoms with Gasteiger partial charge < -0.3 is 24.6 Å². The molecule has 2 N–H and O–H groups in total. The summed E-state index contributed by atoms with van der Waals surface area (Å²) >= 11 is 0.